The van der Waals surface area contributed by atoms with Gasteiger partial charge in [0.25, 0.3) is 0 Å². The monoisotopic (exact) mass is 352 g/mol. The highest BCUT2D eigenvalue weighted by atomic mass is 16.5. The van der Waals surface area contributed by atoms with Crippen molar-refractivity contribution in [3.8, 4) is 5.88 Å². The van der Waals surface area contributed by atoms with E-state index in [1.54, 1.807) is 6.20 Å². The van der Waals surface area contributed by atoms with E-state index in [0.29, 0.717) is 5.88 Å². The fourth-order valence-electron chi connectivity index (χ4n) is 3.39. The molecule has 2 aliphatic carbocycles. The second-order valence-corrected chi connectivity index (χ2v) is 7.20. The van der Waals surface area contributed by atoms with Gasteiger partial charge in [-0.2, -0.15) is 0 Å². The van der Waals surface area contributed by atoms with Crippen LogP contribution in [0.2, 0.25) is 0 Å². The third kappa shape index (κ3) is 3.73. The Morgan fingerprint density at radius 3 is 2.65 bits per heavy atom. The molecule has 1 aromatic carbocycles. The Balaban J connectivity index is 1.34. The fraction of sp³-hybridized carbons (Fsp3) is 0.429. The van der Waals surface area contributed by atoms with Crippen LogP contribution in [0.25, 0.3) is 0 Å². The Kier molecular flexibility index (Phi) is 4.89. The first kappa shape index (κ1) is 17.0. The molecule has 0 saturated heterocycles. The molecule has 0 spiro atoms. The Bertz CT molecular complexity index is 744. The van der Waals surface area contributed by atoms with Gasteiger partial charge in [-0.15, -0.1) is 0 Å². The molecule has 4 rings (SSSR count). The van der Waals surface area contributed by atoms with Gasteiger partial charge >= 0.3 is 0 Å². The van der Waals surface area contributed by atoms with E-state index >= 15 is 0 Å². The van der Waals surface area contributed by atoms with Crippen LogP contribution in [-0.2, 0) is 4.79 Å². The molecule has 2 fully saturated rings. The summed E-state index contributed by atoms with van der Waals surface area (Å²) in [6.07, 6.45) is 6.21. The second kappa shape index (κ2) is 7.46. The van der Waals surface area contributed by atoms with Gasteiger partial charge in [0.05, 0.1) is 12.6 Å². The van der Waals surface area contributed by atoms with Gasteiger partial charge in [-0.05, 0) is 48.8 Å². The van der Waals surface area contributed by atoms with Crippen molar-refractivity contribution >= 4 is 5.91 Å². The Labute approximate surface area is 153 Å². The first-order valence-electron chi connectivity index (χ1n) is 9.33. The van der Waals surface area contributed by atoms with E-state index in [9.17, 15) is 9.90 Å². The molecule has 1 aromatic heterocycles. The summed E-state index contributed by atoms with van der Waals surface area (Å²) < 4.78 is 5.75. The van der Waals surface area contributed by atoms with Gasteiger partial charge in [0, 0.05) is 18.2 Å². The van der Waals surface area contributed by atoms with Crippen LogP contribution in [-0.4, -0.2) is 28.7 Å². The maximum Gasteiger partial charge on any atom is 0.224 e. The number of carbonyl (C=O) groups excluding carboxylic acids is 1. The lowest BCUT2D eigenvalue weighted by atomic mass is 9.96. The molecule has 136 valence electrons. The van der Waals surface area contributed by atoms with E-state index in [2.05, 4.69) is 22.4 Å². The fourth-order valence-corrected chi connectivity index (χ4v) is 3.39. The number of benzene rings is 1. The molecule has 0 radical (unpaired) electrons. The van der Waals surface area contributed by atoms with Crippen molar-refractivity contribution in [2.24, 2.45) is 5.92 Å². The average molecular weight is 352 g/mol. The van der Waals surface area contributed by atoms with E-state index in [4.69, 9.17) is 4.74 Å². The number of aromatic nitrogens is 1. The van der Waals surface area contributed by atoms with Crippen molar-refractivity contribution in [2.75, 3.05) is 6.61 Å². The van der Waals surface area contributed by atoms with E-state index in [-0.39, 0.29) is 30.5 Å². The molecule has 5 nitrogen and oxygen atoms in total. The summed E-state index contributed by atoms with van der Waals surface area (Å²) in [6, 6.07) is 13.3. The number of nitrogens with one attached hydrogen (secondary N) is 1. The predicted molar refractivity (Wildman–Crippen MR) is 97.8 cm³/mol. The molecule has 1 heterocycles. The summed E-state index contributed by atoms with van der Waals surface area (Å²) in [5.74, 6) is 0.869. The number of amides is 1. The van der Waals surface area contributed by atoms with Crippen molar-refractivity contribution in [3.63, 3.8) is 0 Å². The van der Waals surface area contributed by atoms with Gasteiger partial charge in [0.2, 0.25) is 11.8 Å². The van der Waals surface area contributed by atoms with Crippen LogP contribution in [0.5, 0.6) is 5.88 Å². The highest BCUT2D eigenvalue weighted by molar-refractivity contribution is 5.83. The quantitative estimate of drug-likeness (QED) is 0.804. The van der Waals surface area contributed by atoms with Gasteiger partial charge in [-0.3, -0.25) is 4.79 Å². The summed E-state index contributed by atoms with van der Waals surface area (Å²) in [6.45, 7) is -0.154. The van der Waals surface area contributed by atoms with Crippen LogP contribution >= 0.6 is 0 Å². The van der Waals surface area contributed by atoms with Crippen LogP contribution in [0.1, 0.15) is 48.8 Å². The summed E-state index contributed by atoms with van der Waals surface area (Å²) in [5.41, 5.74) is 1.99. The molecule has 1 amide bonds. The van der Waals surface area contributed by atoms with Crippen LogP contribution in [0.4, 0.5) is 0 Å². The summed E-state index contributed by atoms with van der Waals surface area (Å²) in [5, 5.41) is 12.7. The molecule has 2 saturated carbocycles. The first-order valence-corrected chi connectivity index (χ1v) is 9.33. The van der Waals surface area contributed by atoms with Gasteiger partial charge in [-0.25, -0.2) is 4.98 Å². The third-order valence-electron chi connectivity index (χ3n) is 5.36. The van der Waals surface area contributed by atoms with Crippen molar-refractivity contribution < 1.29 is 14.6 Å². The minimum atomic E-state index is -0.440. The molecule has 2 aliphatic rings. The van der Waals surface area contributed by atoms with Gasteiger partial charge in [-0.1, -0.05) is 30.3 Å². The zero-order valence-electron chi connectivity index (χ0n) is 14.7. The van der Waals surface area contributed by atoms with Crippen LogP contribution in [0.3, 0.4) is 0 Å². The lowest BCUT2D eigenvalue weighted by molar-refractivity contribution is -0.123. The lowest BCUT2D eigenvalue weighted by Gasteiger charge is -2.25. The molecule has 0 bridgehead atoms. The number of hydrogen-bond acceptors (Lipinski definition) is 4. The number of aliphatic hydroxyl groups excluding tert-OH is 1. The topological polar surface area (TPSA) is 71.5 Å². The van der Waals surface area contributed by atoms with E-state index < -0.39 is 6.04 Å². The number of pyridine rings is 1. The van der Waals surface area contributed by atoms with Crippen molar-refractivity contribution in [1.82, 2.24) is 10.3 Å². The van der Waals surface area contributed by atoms with Crippen LogP contribution in [0.15, 0.2) is 48.7 Å². The molecule has 2 N–H and O–H groups in total. The van der Waals surface area contributed by atoms with Gasteiger partial charge < -0.3 is 15.2 Å². The Morgan fingerprint density at radius 1 is 1.23 bits per heavy atom. The minimum absolute atomic E-state index is 0.00676. The van der Waals surface area contributed by atoms with E-state index in [0.717, 1.165) is 24.8 Å². The second-order valence-electron chi connectivity index (χ2n) is 7.20. The molecule has 5 heteroatoms. The smallest absolute Gasteiger partial charge is 0.224 e. The molecule has 2 aromatic rings. The number of aliphatic hydroxyl groups is 1. The standard InChI is InChI=1S/C21H24N2O3/c24-13-19(15-9-10-20(22-12-15)26-16-7-4-8-16)23-21(25)18-11-17(18)14-5-2-1-3-6-14/h1-3,5-6,9-10,12,16-19,24H,4,7-8,11,13H2,(H,23,25)/t17-,18+,19+/m1/s1. The number of ether oxygens (including phenoxy) is 1. The molecule has 0 unspecified atom stereocenters. The molecular formula is C21H24N2O3. The molecule has 0 aliphatic heterocycles. The van der Waals surface area contributed by atoms with Crippen LogP contribution in [0, 0.1) is 5.92 Å². The maximum absolute atomic E-state index is 12.5. The highest BCUT2D eigenvalue weighted by Gasteiger charge is 2.44. The Morgan fingerprint density at radius 2 is 2.04 bits per heavy atom. The first-order chi connectivity index (χ1) is 12.7. The summed E-state index contributed by atoms with van der Waals surface area (Å²) in [4.78, 5) is 16.8. The molecule has 26 heavy (non-hydrogen) atoms. The van der Waals surface area contributed by atoms with Crippen LogP contribution < -0.4 is 10.1 Å². The molecular weight excluding hydrogens is 328 g/mol. The van der Waals surface area contributed by atoms with Crippen molar-refractivity contribution in [3.05, 3.63) is 59.8 Å². The van der Waals surface area contributed by atoms with Gasteiger partial charge in [0.15, 0.2) is 0 Å². The third-order valence-corrected chi connectivity index (χ3v) is 5.36. The number of hydrogen-bond donors (Lipinski definition) is 2. The maximum atomic E-state index is 12.5. The zero-order chi connectivity index (χ0) is 17.9. The predicted octanol–water partition coefficient (Wildman–Crippen LogP) is 2.97. The number of carbonyl (C=O) groups is 1. The van der Waals surface area contributed by atoms with E-state index in [1.165, 1.54) is 12.0 Å². The largest absolute Gasteiger partial charge is 0.474 e. The normalized spacial score (nSPS) is 23.0. The summed E-state index contributed by atoms with van der Waals surface area (Å²) >= 11 is 0. The molecule has 3 atom stereocenters. The summed E-state index contributed by atoms with van der Waals surface area (Å²) in [7, 11) is 0. The SMILES string of the molecule is O=C(N[C@@H](CO)c1ccc(OC2CCC2)nc1)[C@H]1C[C@@H]1c1ccccc1. The Hall–Kier alpha value is -2.40. The number of nitrogens with zero attached hydrogens (tertiary/aromatic N) is 1. The van der Waals surface area contributed by atoms with Gasteiger partial charge in [0.1, 0.15) is 6.10 Å². The minimum Gasteiger partial charge on any atom is -0.474 e. The zero-order valence-corrected chi connectivity index (χ0v) is 14.7. The average Bonchev–Trinajstić information content (AvgIpc) is 3.45. The van der Waals surface area contributed by atoms with Crippen molar-refractivity contribution in [2.45, 2.75) is 43.7 Å². The highest BCUT2D eigenvalue weighted by Crippen LogP contribution is 2.47. The van der Waals surface area contributed by atoms with Crippen molar-refractivity contribution in [1.29, 1.82) is 0 Å². The van der Waals surface area contributed by atoms with E-state index in [1.807, 2.05) is 30.3 Å². The lowest BCUT2D eigenvalue weighted by Crippen LogP contribution is -2.32. The number of rotatable bonds is 7.